The van der Waals surface area contributed by atoms with E-state index in [1.54, 1.807) is 4.90 Å². The second-order valence-electron chi connectivity index (χ2n) is 7.25. The van der Waals surface area contributed by atoms with Crippen molar-refractivity contribution in [2.45, 2.75) is 31.2 Å². The summed E-state index contributed by atoms with van der Waals surface area (Å²) in [6.07, 6.45) is 1.99. The Bertz CT molecular complexity index is 942. The zero-order chi connectivity index (χ0) is 20.9. The quantitative estimate of drug-likeness (QED) is 0.721. The SMILES string of the molecule is CC1CCN(C(=O)COc2ccc(S(=O)(=O)NCc3ccccc3)cc2Cl)CC1. The Labute approximate surface area is 176 Å². The van der Waals surface area contributed by atoms with E-state index in [4.69, 9.17) is 16.3 Å². The molecule has 0 atom stereocenters. The van der Waals surface area contributed by atoms with Crippen molar-refractivity contribution >= 4 is 27.5 Å². The molecular formula is C21H25ClN2O4S. The van der Waals surface area contributed by atoms with Crippen molar-refractivity contribution in [3.8, 4) is 5.75 Å². The van der Waals surface area contributed by atoms with Crippen LogP contribution in [0.15, 0.2) is 53.4 Å². The van der Waals surface area contributed by atoms with Crippen molar-refractivity contribution < 1.29 is 17.9 Å². The minimum atomic E-state index is -3.72. The van der Waals surface area contributed by atoms with Crippen LogP contribution in [0.1, 0.15) is 25.3 Å². The fourth-order valence-electron chi connectivity index (χ4n) is 3.11. The number of nitrogens with one attached hydrogen (secondary N) is 1. The summed E-state index contributed by atoms with van der Waals surface area (Å²) in [4.78, 5) is 14.1. The van der Waals surface area contributed by atoms with Crippen LogP contribution in [0.25, 0.3) is 0 Å². The van der Waals surface area contributed by atoms with Crippen molar-refractivity contribution in [3.05, 3.63) is 59.1 Å². The summed E-state index contributed by atoms with van der Waals surface area (Å²) in [6.45, 7) is 3.72. The summed E-state index contributed by atoms with van der Waals surface area (Å²) in [6, 6.07) is 13.5. The molecule has 0 radical (unpaired) electrons. The van der Waals surface area contributed by atoms with Crippen LogP contribution in [0.5, 0.6) is 5.75 Å². The third-order valence-corrected chi connectivity index (χ3v) is 6.70. The molecule has 1 amide bonds. The fourth-order valence-corrected chi connectivity index (χ4v) is 4.46. The summed E-state index contributed by atoms with van der Waals surface area (Å²) in [5, 5.41) is 0.146. The summed E-state index contributed by atoms with van der Waals surface area (Å²) < 4.78 is 33.1. The largest absolute Gasteiger partial charge is 0.482 e. The molecule has 29 heavy (non-hydrogen) atoms. The summed E-state index contributed by atoms with van der Waals surface area (Å²) in [5.41, 5.74) is 0.854. The van der Waals surface area contributed by atoms with E-state index in [9.17, 15) is 13.2 Å². The number of piperidine rings is 1. The number of carbonyl (C=O) groups excluding carboxylic acids is 1. The Kier molecular flexibility index (Phi) is 7.16. The number of amides is 1. The van der Waals surface area contributed by atoms with Gasteiger partial charge in [0.2, 0.25) is 10.0 Å². The van der Waals surface area contributed by atoms with Crippen molar-refractivity contribution in [1.82, 2.24) is 9.62 Å². The molecule has 0 spiro atoms. The zero-order valence-corrected chi connectivity index (χ0v) is 17.9. The molecule has 0 aromatic heterocycles. The van der Waals surface area contributed by atoms with Gasteiger partial charge < -0.3 is 9.64 Å². The molecule has 1 N–H and O–H groups in total. The summed E-state index contributed by atoms with van der Waals surface area (Å²) >= 11 is 6.20. The number of halogens is 1. The lowest BCUT2D eigenvalue weighted by Gasteiger charge is -2.30. The highest BCUT2D eigenvalue weighted by Gasteiger charge is 2.21. The minimum Gasteiger partial charge on any atom is -0.482 e. The van der Waals surface area contributed by atoms with Gasteiger partial charge in [0.05, 0.1) is 9.92 Å². The van der Waals surface area contributed by atoms with Crippen LogP contribution in [0.3, 0.4) is 0 Å². The minimum absolute atomic E-state index is 0.0436. The lowest BCUT2D eigenvalue weighted by molar-refractivity contribution is -0.134. The van der Waals surface area contributed by atoms with Gasteiger partial charge in [-0.2, -0.15) is 0 Å². The molecule has 6 nitrogen and oxygen atoms in total. The van der Waals surface area contributed by atoms with Gasteiger partial charge in [-0.15, -0.1) is 0 Å². The molecule has 2 aromatic rings. The van der Waals surface area contributed by atoms with Crippen molar-refractivity contribution in [3.63, 3.8) is 0 Å². The van der Waals surface area contributed by atoms with Gasteiger partial charge in [-0.3, -0.25) is 4.79 Å². The van der Waals surface area contributed by atoms with Crippen LogP contribution in [-0.4, -0.2) is 38.9 Å². The first-order valence-corrected chi connectivity index (χ1v) is 11.4. The van der Waals surface area contributed by atoms with Crippen molar-refractivity contribution in [2.24, 2.45) is 5.92 Å². The van der Waals surface area contributed by atoms with Gasteiger partial charge in [-0.25, -0.2) is 13.1 Å². The lowest BCUT2D eigenvalue weighted by Crippen LogP contribution is -2.40. The normalized spacial score (nSPS) is 15.3. The molecule has 156 valence electrons. The van der Waals surface area contributed by atoms with E-state index >= 15 is 0 Å². The van der Waals surface area contributed by atoms with Crippen LogP contribution in [0, 0.1) is 5.92 Å². The second kappa shape index (κ2) is 9.61. The molecule has 0 bridgehead atoms. The van der Waals surface area contributed by atoms with Gasteiger partial charge in [0.15, 0.2) is 6.61 Å². The molecule has 0 unspecified atom stereocenters. The molecule has 1 aliphatic heterocycles. The first-order valence-electron chi connectivity index (χ1n) is 9.59. The van der Waals surface area contributed by atoms with Crippen LogP contribution < -0.4 is 9.46 Å². The predicted molar refractivity (Wildman–Crippen MR) is 112 cm³/mol. The molecule has 1 saturated heterocycles. The highest BCUT2D eigenvalue weighted by molar-refractivity contribution is 7.89. The number of nitrogens with zero attached hydrogens (tertiary/aromatic N) is 1. The maximum absolute atomic E-state index is 12.5. The average molecular weight is 437 g/mol. The van der Waals surface area contributed by atoms with Gasteiger partial charge in [0, 0.05) is 19.6 Å². The van der Waals surface area contributed by atoms with E-state index in [2.05, 4.69) is 11.6 Å². The van der Waals surface area contributed by atoms with Gasteiger partial charge in [-0.05, 0) is 42.5 Å². The number of benzene rings is 2. The average Bonchev–Trinajstić information content (AvgIpc) is 2.72. The molecule has 8 heteroatoms. The van der Waals surface area contributed by atoms with Gasteiger partial charge >= 0.3 is 0 Å². The predicted octanol–water partition coefficient (Wildman–Crippen LogP) is 3.46. The molecule has 1 fully saturated rings. The van der Waals surface area contributed by atoms with E-state index in [1.165, 1.54) is 18.2 Å². The van der Waals surface area contributed by atoms with E-state index in [0.29, 0.717) is 5.92 Å². The van der Waals surface area contributed by atoms with Crippen LogP contribution in [0.2, 0.25) is 5.02 Å². The number of carbonyl (C=O) groups is 1. The molecule has 1 heterocycles. The third kappa shape index (κ3) is 5.95. The number of hydrogen-bond acceptors (Lipinski definition) is 4. The van der Waals surface area contributed by atoms with E-state index in [-0.39, 0.29) is 34.7 Å². The standard InChI is InChI=1S/C21H25ClN2O4S/c1-16-9-11-24(12-10-16)21(25)15-28-20-8-7-18(13-19(20)22)29(26,27)23-14-17-5-3-2-4-6-17/h2-8,13,16,23H,9-12,14-15H2,1H3. The van der Waals surface area contributed by atoms with Gasteiger partial charge in [0.25, 0.3) is 5.91 Å². The molecule has 0 aliphatic carbocycles. The monoisotopic (exact) mass is 436 g/mol. The fraction of sp³-hybridized carbons (Fsp3) is 0.381. The Hall–Kier alpha value is -2.09. The van der Waals surface area contributed by atoms with Crippen LogP contribution >= 0.6 is 11.6 Å². The molecule has 1 aliphatic rings. The van der Waals surface area contributed by atoms with Gasteiger partial charge in [-0.1, -0.05) is 48.9 Å². The maximum Gasteiger partial charge on any atom is 0.260 e. The van der Waals surface area contributed by atoms with E-state index in [1.807, 2.05) is 30.3 Å². The Morgan fingerprint density at radius 3 is 2.52 bits per heavy atom. The topological polar surface area (TPSA) is 75.7 Å². The first kappa shape index (κ1) is 21.6. The first-order chi connectivity index (χ1) is 13.8. The third-order valence-electron chi connectivity index (χ3n) is 5.01. The Morgan fingerprint density at radius 1 is 1.17 bits per heavy atom. The maximum atomic E-state index is 12.5. The number of ether oxygens (including phenoxy) is 1. The summed E-state index contributed by atoms with van der Waals surface area (Å²) in [5.74, 6) is 0.834. The highest BCUT2D eigenvalue weighted by atomic mass is 35.5. The lowest BCUT2D eigenvalue weighted by atomic mass is 9.99. The molecule has 0 saturated carbocycles. The smallest absolute Gasteiger partial charge is 0.260 e. The molecule has 3 rings (SSSR count). The van der Waals surface area contributed by atoms with E-state index < -0.39 is 10.0 Å². The highest BCUT2D eigenvalue weighted by Crippen LogP contribution is 2.27. The summed E-state index contributed by atoms with van der Waals surface area (Å²) in [7, 11) is -3.72. The van der Waals surface area contributed by atoms with Crippen molar-refractivity contribution in [2.75, 3.05) is 19.7 Å². The Balaban J connectivity index is 1.58. The van der Waals surface area contributed by atoms with Crippen molar-refractivity contribution in [1.29, 1.82) is 0 Å². The second-order valence-corrected chi connectivity index (χ2v) is 9.43. The number of rotatable bonds is 7. The Morgan fingerprint density at radius 2 is 1.86 bits per heavy atom. The number of sulfonamides is 1. The molecular weight excluding hydrogens is 412 g/mol. The number of hydrogen-bond donors (Lipinski definition) is 1. The van der Waals surface area contributed by atoms with E-state index in [0.717, 1.165) is 31.5 Å². The van der Waals surface area contributed by atoms with Gasteiger partial charge in [0.1, 0.15) is 5.75 Å². The van der Waals surface area contributed by atoms with Crippen LogP contribution in [0.4, 0.5) is 0 Å². The zero-order valence-electron chi connectivity index (χ0n) is 16.3. The molecule has 2 aromatic carbocycles. The number of likely N-dealkylation sites (tertiary alicyclic amines) is 1. The van der Waals surface area contributed by atoms with Crippen LogP contribution in [-0.2, 0) is 21.4 Å².